The topological polar surface area (TPSA) is 46.2 Å². The zero-order valence-corrected chi connectivity index (χ0v) is 5.88. The highest BCUT2D eigenvalue weighted by Gasteiger charge is 2.25. The first kappa shape index (κ1) is 7.03. The van der Waals surface area contributed by atoms with Crippen molar-refractivity contribution in [2.75, 3.05) is 0 Å². The highest BCUT2D eigenvalue weighted by molar-refractivity contribution is 4.81. The molecule has 1 aliphatic rings. The molecular formula is C7H15NO. The minimum absolute atomic E-state index is 0.0359. The van der Waals surface area contributed by atoms with Gasteiger partial charge in [-0.1, -0.05) is 13.3 Å². The van der Waals surface area contributed by atoms with E-state index in [1.165, 1.54) is 6.42 Å². The summed E-state index contributed by atoms with van der Waals surface area (Å²) in [6.07, 6.45) is 3.05. The van der Waals surface area contributed by atoms with Crippen LogP contribution in [0.15, 0.2) is 0 Å². The molecule has 54 valence electrons. The van der Waals surface area contributed by atoms with Crippen LogP contribution in [0.4, 0.5) is 0 Å². The highest BCUT2D eigenvalue weighted by atomic mass is 16.3. The van der Waals surface area contributed by atoms with Gasteiger partial charge in [-0.15, -0.1) is 0 Å². The van der Waals surface area contributed by atoms with Crippen LogP contribution in [0.25, 0.3) is 0 Å². The molecule has 1 aliphatic carbocycles. The van der Waals surface area contributed by atoms with E-state index in [1.54, 1.807) is 0 Å². The molecule has 0 aromatic carbocycles. The van der Waals surface area contributed by atoms with E-state index in [2.05, 4.69) is 6.92 Å². The van der Waals surface area contributed by atoms with Gasteiger partial charge in [0.25, 0.3) is 0 Å². The smallest absolute Gasteiger partial charge is 0.0716 e. The lowest BCUT2D eigenvalue weighted by atomic mass is 9.85. The van der Waals surface area contributed by atoms with E-state index in [4.69, 9.17) is 5.73 Å². The van der Waals surface area contributed by atoms with E-state index in [-0.39, 0.29) is 12.1 Å². The van der Waals surface area contributed by atoms with Crippen LogP contribution in [0.5, 0.6) is 0 Å². The van der Waals surface area contributed by atoms with Crippen molar-refractivity contribution in [1.82, 2.24) is 0 Å². The molecule has 0 heterocycles. The molecule has 0 saturated heterocycles. The summed E-state index contributed by atoms with van der Waals surface area (Å²) in [5.41, 5.74) is 5.62. The van der Waals surface area contributed by atoms with Gasteiger partial charge in [-0.2, -0.15) is 0 Å². The average Bonchev–Trinajstić information content (AvgIpc) is 1.83. The first-order chi connectivity index (χ1) is 4.22. The number of aliphatic hydroxyl groups excluding tert-OH is 1. The standard InChI is InChI=1S/C7H15NO/c1-5-3-2-4-6(8)7(5)9/h5-7,9H,2-4,8H2,1H3/t5-,6-,7-/m1/s1. The maximum absolute atomic E-state index is 9.32. The first-order valence-electron chi connectivity index (χ1n) is 3.65. The van der Waals surface area contributed by atoms with Crippen LogP contribution in [0, 0.1) is 5.92 Å². The third-order valence-electron chi connectivity index (χ3n) is 2.22. The molecule has 1 fully saturated rings. The Labute approximate surface area is 56.1 Å². The largest absolute Gasteiger partial charge is 0.391 e. The quantitative estimate of drug-likeness (QED) is 0.500. The minimum Gasteiger partial charge on any atom is -0.391 e. The van der Waals surface area contributed by atoms with Crippen LogP contribution in [-0.2, 0) is 0 Å². The normalized spacial score (nSPS) is 45.0. The summed E-state index contributed by atoms with van der Waals surface area (Å²) in [4.78, 5) is 0. The Morgan fingerprint density at radius 1 is 1.44 bits per heavy atom. The highest BCUT2D eigenvalue weighted by Crippen LogP contribution is 2.22. The molecule has 1 saturated carbocycles. The fraction of sp³-hybridized carbons (Fsp3) is 1.00. The maximum Gasteiger partial charge on any atom is 0.0716 e. The van der Waals surface area contributed by atoms with Crippen molar-refractivity contribution in [3.05, 3.63) is 0 Å². The molecule has 0 bridgehead atoms. The predicted octanol–water partition coefficient (Wildman–Crippen LogP) is 0.495. The second kappa shape index (κ2) is 2.67. The van der Waals surface area contributed by atoms with Crippen molar-refractivity contribution in [3.8, 4) is 0 Å². The zero-order valence-electron chi connectivity index (χ0n) is 5.88. The van der Waals surface area contributed by atoms with E-state index in [0.29, 0.717) is 5.92 Å². The van der Waals surface area contributed by atoms with E-state index in [0.717, 1.165) is 12.8 Å². The van der Waals surface area contributed by atoms with E-state index in [9.17, 15) is 5.11 Å². The number of aliphatic hydroxyl groups is 1. The summed E-state index contributed by atoms with van der Waals surface area (Å²) in [5.74, 6) is 0.411. The molecule has 1 rings (SSSR count). The fourth-order valence-electron chi connectivity index (χ4n) is 1.44. The van der Waals surface area contributed by atoms with Gasteiger partial charge in [-0.05, 0) is 18.8 Å². The van der Waals surface area contributed by atoms with Crippen LogP contribution in [0.2, 0.25) is 0 Å². The fourth-order valence-corrected chi connectivity index (χ4v) is 1.44. The molecule has 9 heavy (non-hydrogen) atoms. The van der Waals surface area contributed by atoms with Crippen molar-refractivity contribution < 1.29 is 5.11 Å². The van der Waals surface area contributed by atoms with Crippen molar-refractivity contribution in [1.29, 1.82) is 0 Å². The van der Waals surface area contributed by atoms with Crippen molar-refractivity contribution >= 4 is 0 Å². The van der Waals surface area contributed by atoms with Gasteiger partial charge < -0.3 is 10.8 Å². The zero-order chi connectivity index (χ0) is 6.85. The van der Waals surface area contributed by atoms with Gasteiger partial charge in [0, 0.05) is 6.04 Å². The lowest BCUT2D eigenvalue weighted by Crippen LogP contribution is -2.42. The van der Waals surface area contributed by atoms with Crippen molar-refractivity contribution in [2.24, 2.45) is 11.7 Å². The Bertz CT molecular complexity index is 84.9. The molecule has 0 aromatic rings. The predicted molar refractivity (Wildman–Crippen MR) is 37.0 cm³/mol. The number of rotatable bonds is 0. The Morgan fingerprint density at radius 3 is 2.56 bits per heavy atom. The molecule has 0 unspecified atom stereocenters. The van der Waals surface area contributed by atoms with Crippen molar-refractivity contribution in [2.45, 2.75) is 38.3 Å². The summed E-state index contributed by atoms with van der Waals surface area (Å²) in [6, 6.07) is 0.0359. The molecule has 3 N–H and O–H groups in total. The SMILES string of the molecule is C[C@@H]1CCC[C@@H](N)[C@@H]1O. The monoisotopic (exact) mass is 129 g/mol. The summed E-state index contributed by atoms with van der Waals surface area (Å²) in [7, 11) is 0. The molecule has 0 aliphatic heterocycles. The Hall–Kier alpha value is -0.0800. The molecular weight excluding hydrogens is 114 g/mol. The van der Waals surface area contributed by atoms with Crippen molar-refractivity contribution in [3.63, 3.8) is 0 Å². The summed E-state index contributed by atoms with van der Waals surface area (Å²) in [5, 5.41) is 9.32. The van der Waals surface area contributed by atoms with Gasteiger partial charge in [0.1, 0.15) is 0 Å². The number of hydrogen-bond donors (Lipinski definition) is 2. The van der Waals surface area contributed by atoms with Crippen LogP contribution in [0.3, 0.4) is 0 Å². The molecule has 2 heteroatoms. The summed E-state index contributed by atoms with van der Waals surface area (Å²) >= 11 is 0. The Morgan fingerprint density at radius 2 is 2.11 bits per heavy atom. The Kier molecular flexibility index (Phi) is 2.09. The van der Waals surface area contributed by atoms with Gasteiger partial charge >= 0.3 is 0 Å². The van der Waals surface area contributed by atoms with Crippen LogP contribution < -0.4 is 5.73 Å². The molecule has 2 nitrogen and oxygen atoms in total. The van der Waals surface area contributed by atoms with Crippen LogP contribution >= 0.6 is 0 Å². The lowest BCUT2D eigenvalue weighted by molar-refractivity contribution is 0.0601. The van der Waals surface area contributed by atoms with Gasteiger partial charge in [0.05, 0.1) is 6.10 Å². The molecule has 0 amide bonds. The van der Waals surface area contributed by atoms with Crippen LogP contribution in [-0.4, -0.2) is 17.3 Å². The second-order valence-corrected chi connectivity index (χ2v) is 3.06. The van der Waals surface area contributed by atoms with E-state index < -0.39 is 0 Å². The van der Waals surface area contributed by atoms with Gasteiger partial charge in [-0.25, -0.2) is 0 Å². The third-order valence-corrected chi connectivity index (χ3v) is 2.22. The first-order valence-corrected chi connectivity index (χ1v) is 3.65. The van der Waals surface area contributed by atoms with Gasteiger partial charge in [0.2, 0.25) is 0 Å². The minimum atomic E-state index is -0.251. The summed E-state index contributed by atoms with van der Waals surface area (Å²) in [6.45, 7) is 2.06. The second-order valence-electron chi connectivity index (χ2n) is 3.06. The van der Waals surface area contributed by atoms with Crippen LogP contribution in [0.1, 0.15) is 26.2 Å². The van der Waals surface area contributed by atoms with Gasteiger partial charge in [0.15, 0.2) is 0 Å². The third kappa shape index (κ3) is 1.43. The molecule has 0 radical (unpaired) electrons. The average molecular weight is 129 g/mol. The Balaban J connectivity index is 2.41. The van der Waals surface area contributed by atoms with E-state index in [1.807, 2.05) is 0 Å². The molecule has 0 spiro atoms. The number of nitrogens with two attached hydrogens (primary N) is 1. The maximum atomic E-state index is 9.32. The molecule has 3 atom stereocenters. The molecule has 0 aromatic heterocycles. The van der Waals surface area contributed by atoms with Gasteiger partial charge in [-0.3, -0.25) is 0 Å². The lowest BCUT2D eigenvalue weighted by Gasteiger charge is -2.29. The number of hydrogen-bond acceptors (Lipinski definition) is 2. The van der Waals surface area contributed by atoms with E-state index >= 15 is 0 Å². The summed E-state index contributed by atoms with van der Waals surface area (Å²) < 4.78 is 0.